The summed E-state index contributed by atoms with van der Waals surface area (Å²) in [7, 11) is 0. The van der Waals surface area contributed by atoms with Gasteiger partial charge in [0.25, 0.3) is 5.91 Å². The fourth-order valence-electron chi connectivity index (χ4n) is 1.16. The molecule has 0 bridgehead atoms. The van der Waals surface area contributed by atoms with E-state index < -0.39 is 11.1 Å². The van der Waals surface area contributed by atoms with Crippen LogP contribution in [0.15, 0.2) is 24.3 Å². The van der Waals surface area contributed by atoms with Gasteiger partial charge in [-0.05, 0) is 36.2 Å². The van der Waals surface area contributed by atoms with Gasteiger partial charge in [0.05, 0.1) is 0 Å². The lowest BCUT2D eigenvalue weighted by molar-refractivity contribution is -0.111. The Labute approximate surface area is 97.6 Å². The van der Waals surface area contributed by atoms with Crippen LogP contribution >= 0.6 is 11.6 Å². The van der Waals surface area contributed by atoms with Gasteiger partial charge in [-0.2, -0.15) is 0 Å². The van der Waals surface area contributed by atoms with Crippen molar-refractivity contribution in [1.29, 1.82) is 0 Å². The number of rotatable bonds is 5. The Hall–Kier alpha value is -1.42. The lowest BCUT2D eigenvalue weighted by Gasteiger charge is -2.03. The van der Waals surface area contributed by atoms with Crippen molar-refractivity contribution in [2.24, 2.45) is 0 Å². The van der Waals surface area contributed by atoms with Crippen molar-refractivity contribution in [3.8, 4) is 0 Å². The number of nitrogens with one attached hydrogen (secondary N) is 1. The van der Waals surface area contributed by atoms with Gasteiger partial charge in [0, 0.05) is 18.5 Å². The van der Waals surface area contributed by atoms with Crippen molar-refractivity contribution in [2.45, 2.75) is 12.8 Å². The molecule has 0 aliphatic rings. The Balaban J connectivity index is 2.38. The quantitative estimate of drug-likeness (QED) is 0.636. The third kappa shape index (κ3) is 4.40. The third-order valence-corrected chi connectivity index (χ3v) is 2.11. The molecule has 16 heavy (non-hydrogen) atoms. The normalized spacial score (nSPS) is 9.88. The average Bonchev–Trinajstić information content (AvgIpc) is 2.24. The lowest BCUT2D eigenvalue weighted by Crippen LogP contribution is -2.24. The lowest BCUT2D eigenvalue weighted by atomic mass is 10.2. The summed E-state index contributed by atoms with van der Waals surface area (Å²) in [6.45, 7) is 0.341. The van der Waals surface area contributed by atoms with Crippen LogP contribution in [0, 0.1) is 5.82 Å². The summed E-state index contributed by atoms with van der Waals surface area (Å²) >= 11 is 5.13. The van der Waals surface area contributed by atoms with Crippen molar-refractivity contribution in [2.75, 3.05) is 6.54 Å². The molecule has 5 heteroatoms. The summed E-state index contributed by atoms with van der Waals surface area (Å²) in [5.74, 6) is -0.815. The van der Waals surface area contributed by atoms with E-state index >= 15 is 0 Å². The van der Waals surface area contributed by atoms with E-state index in [1.807, 2.05) is 0 Å². The van der Waals surface area contributed by atoms with Gasteiger partial charge >= 0.3 is 0 Å². The molecule has 86 valence electrons. The maximum Gasteiger partial charge on any atom is 0.251 e. The molecule has 3 nitrogen and oxygen atoms in total. The van der Waals surface area contributed by atoms with Crippen LogP contribution in [0.4, 0.5) is 4.39 Å². The van der Waals surface area contributed by atoms with Crippen LogP contribution in [-0.4, -0.2) is 17.7 Å². The molecule has 0 atom stereocenters. The summed E-state index contributed by atoms with van der Waals surface area (Å²) in [5, 5.41) is 2.13. The minimum Gasteiger partial charge on any atom is -0.352 e. The summed E-state index contributed by atoms with van der Waals surface area (Å²) in [6, 6.07) is 5.41. The van der Waals surface area contributed by atoms with Gasteiger partial charge in [-0.15, -0.1) is 0 Å². The van der Waals surface area contributed by atoms with Crippen LogP contribution in [0.1, 0.15) is 23.2 Å². The van der Waals surface area contributed by atoms with Crippen molar-refractivity contribution >= 4 is 22.8 Å². The van der Waals surface area contributed by atoms with Crippen molar-refractivity contribution in [3.05, 3.63) is 35.6 Å². The molecular formula is C11H11ClFNO2. The van der Waals surface area contributed by atoms with E-state index in [-0.39, 0.29) is 17.9 Å². The van der Waals surface area contributed by atoms with Gasteiger partial charge in [0.2, 0.25) is 5.24 Å². The molecular weight excluding hydrogens is 233 g/mol. The van der Waals surface area contributed by atoms with E-state index in [2.05, 4.69) is 5.32 Å². The topological polar surface area (TPSA) is 46.2 Å². The maximum absolute atomic E-state index is 12.8. The first-order valence-electron chi connectivity index (χ1n) is 4.81. The molecule has 0 spiro atoms. The zero-order chi connectivity index (χ0) is 12.0. The Bertz CT molecular complexity index is 395. The van der Waals surface area contributed by atoms with Crippen LogP contribution in [0.3, 0.4) is 0 Å². The van der Waals surface area contributed by atoms with Gasteiger partial charge < -0.3 is 5.32 Å². The monoisotopic (exact) mass is 243 g/mol. The largest absolute Gasteiger partial charge is 0.352 e. The molecule has 0 heterocycles. The molecule has 1 aromatic carbocycles. The highest BCUT2D eigenvalue weighted by atomic mass is 35.5. The van der Waals surface area contributed by atoms with E-state index in [9.17, 15) is 14.0 Å². The molecule has 0 saturated heterocycles. The smallest absolute Gasteiger partial charge is 0.251 e. The molecule has 0 aliphatic heterocycles. The van der Waals surface area contributed by atoms with E-state index in [0.717, 1.165) is 6.07 Å². The molecule has 1 N–H and O–H groups in total. The highest BCUT2D eigenvalue weighted by Crippen LogP contribution is 2.03. The summed E-state index contributed by atoms with van der Waals surface area (Å²) in [5.41, 5.74) is 0.261. The molecule has 1 rings (SSSR count). The van der Waals surface area contributed by atoms with Gasteiger partial charge in [0.15, 0.2) is 0 Å². The Morgan fingerprint density at radius 2 is 2.12 bits per heavy atom. The summed E-state index contributed by atoms with van der Waals surface area (Å²) < 4.78 is 12.8. The molecule has 0 aromatic heterocycles. The number of hydrogen-bond acceptors (Lipinski definition) is 2. The molecule has 1 aromatic rings. The zero-order valence-corrected chi connectivity index (χ0v) is 9.26. The Kier molecular flexibility index (Phi) is 4.92. The second kappa shape index (κ2) is 6.23. The van der Waals surface area contributed by atoms with E-state index in [4.69, 9.17) is 11.6 Å². The van der Waals surface area contributed by atoms with Gasteiger partial charge in [-0.3, -0.25) is 9.59 Å². The predicted octanol–water partition coefficient (Wildman–Crippen LogP) is 2.10. The highest BCUT2D eigenvalue weighted by molar-refractivity contribution is 6.63. The summed E-state index contributed by atoms with van der Waals surface area (Å²) in [4.78, 5) is 21.9. The minimum absolute atomic E-state index is 0.213. The van der Waals surface area contributed by atoms with Crippen LogP contribution in [0.5, 0.6) is 0 Å². The van der Waals surface area contributed by atoms with Crippen LogP contribution < -0.4 is 5.32 Å². The molecule has 1 amide bonds. The molecule has 0 radical (unpaired) electrons. The first kappa shape index (κ1) is 12.6. The third-order valence-electron chi connectivity index (χ3n) is 1.92. The number of amides is 1. The highest BCUT2D eigenvalue weighted by Gasteiger charge is 2.05. The van der Waals surface area contributed by atoms with Crippen LogP contribution in [0.2, 0.25) is 0 Å². The number of halogens is 2. The second-order valence-electron chi connectivity index (χ2n) is 3.22. The van der Waals surface area contributed by atoms with E-state index in [0.29, 0.717) is 13.0 Å². The average molecular weight is 244 g/mol. The van der Waals surface area contributed by atoms with Gasteiger partial charge in [-0.1, -0.05) is 6.07 Å². The van der Waals surface area contributed by atoms with E-state index in [1.165, 1.54) is 18.2 Å². The maximum atomic E-state index is 12.8. The number of benzene rings is 1. The van der Waals surface area contributed by atoms with Crippen LogP contribution in [0.25, 0.3) is 0 Å². The van der Waals surface area contributed by atoms with Gasteiger partial charge in [0.1, 0.15) is 5.82 Å². The second-order valence-corrected chi connectivity index (χ2v) is 3.65. The minimum atomic E-state index is -0.455. The fraction of sp³-hybridized carbons (Fsp3) is 0.273. The fourth-order valence-corrected chi connectivity index (χ4v) is 1.29. The molecule has 0 unspecified atom stereocenters. The Morgan fingerprint density at radius 1 is 1.38 bits per heavy atom. The molecule has 0 fully saturated rings. The predicted molar refractivity (Wildman–Crippen MR) is 58.8 cm³/mol. The number of hydrogen-bond donors (Lipinski definition) is 1. The Morgan fingerprint density at radius 3 is 2.75 bits per heavy atom. The van der Waals surface area contributed by atoms with Crippen molar-refractivity contribution < 1.29 is 14.0 Å². The first-order chi connectivity index (χ1) is 7.59. The van der Waals surface area contributed by atoms with Crippen molar-refractivity contribution in [1.82, 2.24) is 5.32 Å². The molecule has 0 saturated carbocycles. The SMILES string of the molecule is O=C(Cl)CCCNC(=O)c1cccc(F)c1. The number of carbonyl (C=O) groups excluding carboxylic acids is 2. The van der Waals surface area contributed by atoms with E-state index in [1.54, 1.807) is 0 Å². The van der Waals surface area contributed by atoms with Crippen molar-refractivity contribution in [3.63, 3.8) is 0 Å². The van der Waals surface area contributed by atoms with Crippen LogP contribution in [-0.2, 0) is 4.79 Å². The summed E-state index contributed by atoms with van der Waals surface area (Å²) in [6.07, 6.45) is 0.689. The zero-order valence-electron chi connectivity index (χ0n) is 8.50. The first-order valence-corrected chi connectivity index (χ1v) is 5.19. The standard InChI is InChI=1S/C11H11ClFNO2/c12-10(15)5-2-6-14-11(16)8-3-1-4-9(13)7-8/h1,3-4,7H,2,5-6H2,(H,14,16). The molecule has 0 aliphatic carbocycles. The van der Waals surface area contributed by atoms with Gasteiger partial charge in [-0.25, -0.2) is 4.39 Å². The number of carbonyl (C=O) groups is 2.